The molecule has 5 nitrogen and oxygen atoms in total. The maximum absolute atomic E-state index is 11.4. The number of rotatable bonds is 5. The number of sulfonamides is 1. The molecule has 0 spiro atoms. The first kappa shape index (κ1) is 14.9. The summed E-state index contributed by atoms with van der Waals surface area (Å²) < 4.78 is 24.4. The lowest BCUT2D eigenvalue weighted by atomic mass is 9.97. The van der Waals surface area contributed by atoms with Crippen LogP contribution in [-0.4, -0.2) is 62.6 Å². The maximum Gasteiger partial charge on any atom is 0.211 e. The SMILES string of the molecule is CCC(C)C(CN)N1CCN(S(C)(=O)=O)CC1. The van der Waals surface area contributed by atoms with E-state index in [1.807, 2.05) is 0 Å². The number of nitrogens with two attached hydrogens (primary N) is 1. The molecule has 1 rings (SSSR count). The molecule has 1 saturated heterocycles. The molecule has 0 bridgehead atoms. The molecule has 1 heterocycles. The summed E-state index contributed by atoms with van der Waals surface area (Å²) in [6.45, 7) is 7.78. The van der Waals surface area contributed by atoms with Gasteiger partial charge in [-0.1, -0.05) is 20.3 Å². The lowest BCUT2D eigenvalue weighted by molar-refractivity contribution is 0.107. The van der Waals surface area contributed by atoms with E-state index in [0.29, 0.717) is 31.6 Å². The van der Waals surface area contributed by atoms with Gasteiger partial charge in [-0.3, -0.25) is 4.90 Å². The average Bonchev–Trinajstić information content (AvgIpc) is 2.29. The van der Waals surface area contributed by atoms with E-state index >= 15 is 0 Å². The van der Waals surface area contributed by atoms with Gasteiger partial charge < -0.3 is 5.73 Å². The van der Waals surface area contributed by atoms with Crippen molar-refractivity contribution in [1.29, 1.82) is 0 Å². The quantitative estimate of drug-likeness (QED) is 0.754. The van der Waals surface area contributed by atoms with E-state index in [1.54, 1.807) is 4.31 Å². The number of piperazine rings is 1. The third-order valence-electron chi connectivity index (χ3n) is 3.75. The highest BCUT2D eigenvalue weighted by Crippen LogP contribution is 2.16. The molecule has 2 unspecified atom stereocenters. The van der Waals surface area contributed by atoms with Crippen molar-refractivity contribution in [2.75, 3.05) is 39.0 Å². The molecule has 1 fully saturated rings. The standard InChI is InChI=1S/C11H25N3O2S/c1-4-10(2)11(9-12)13-5-7-14(8-6-13)17(3,15)16/h10-11H,4-9,12H2,1-3H3. The van der Waals surface area contributed by atoms with Gasteiger partial charge in [0.05, 0.1) is 6.26 Å². The van der Waals surface area contributed by atoms with Crippen molar-refractivity contribution in [3.63, 3.8) is 0 Å². The van der Waals surface area contributed by atoms with E-state index in [0.717, 1.165) is 19.5 Å². The molecule has 0 radical (unpaired) electrons. The van der Waals surface area contributed by atoms with Gasteiger partial charge >= 0.3 is 0 Å². The Hall–Kier alpha value is -0.170. The number of nitrogens with zero attached hydrogens (tertiary/aromatic N) is 2. The highest BCUT2D eigenvalue weighted by atomic mass is 32.2. The van der Waals surface area contributed by atoms with Crippen molar-refractivity contribution in [3.05, 3.63) is 0 Å². The van der Waals surface area contributed by atoms with Crippen molar-refractivity contribution in [1.82, 2.24) is 9.21 Å². The minimum Gasteiger partial charge on any atom is -0.329 e. The molecule has 2 atom stereocenters. The fourth-order valence-electron chi connectivity index (χ4n) is 2.38. The van der Waals surface area contributed by atoms with Crippen LogP contribution in [0.2, 0.25) is 0 Å². The highest BCUT2D eigenvalue weighted by molar-refractivity contribution is 7.88. The molecule has 0 aliphatic carbocycles. The first-order valence-corrected chi connectivity index (χ1v) is 8.14. The van der Waals surface area contributed by atoms with Crippen LogP contribution in [0.3, 0.4) is 0 Å². The molecule has 0 aromatic heterocycles. The van der Waals surface area contributed by atoms with Crippen molar-refractivity contribution in [3.8, 4) is 0 Å². The Morgan fingerprint density at radius 1 is 1.24 bits per heavy atom. The summed E-state index contributed by atoms with van der Waals surface area (Å²) in [4.78, 5) is 2.33. The van der Waals surface area contributed by atoms with Crippen molar-refractivity contribution < 1.29 is 8.42 Å². The normalized spacial score (nSPS) is 23.5. The van der Waals surface area contributed by atoms with E-state index in [1.165, 1.54) is 6.26 Å². The maximum atomic E-state index is 11.4. The lowest BCUT2D eigenvalue weighted by Crippen LogP contribution is -2.55. The second-order valence-electron chi connectivity index (χ2n) is 4.89. The largest absolute Gasteiger partial charge is 0.329 e. The molecule has 1 aliphatic heterocycles. The van der Waals surface area contributed by atoms with Gasteiger partial charge in [0.15, 0.2) is 0 Å². The predicted octanol–water partition coefficient (Wildman–Crippen LogP) is -0.0630. The summed E-state index contributed by atoms with van der Waals surface area (Å²) in [6, 6.07) is 0.377. The van der Waals surface area contributed by atoms with Crippen LogP contribution in [0.25, 0.3) is 0 Å². The third kappa shape index (κ3) is 3.91. The second-order valence-corrected chi connectivity index (χ2v) is 6.87. The number of hydrogen-bond acceptors (Lipinski definition) is 4. The van der Waals surface area contributed by atoms with Gasteiger partial charge in [-0.15, -0.1) is 0 Å². The molecule has 0 aromatic rings. The summed E-state index contributed by atoms with van der Waals surface area (Å²) in [5.74, 6) is 0.560. The van der Waals surface area contributed by atoms with Crippen LogP contribution in [0, 0.1) is 5.92 Å². The zero-order valence-corrected chi connectivity index (χ0v) is 11.9. The van der Waals surface area contributed by atoms with Crippen LogP contribution in [0.5, 0.6) is 0 Å². The molecular formula is C11H25N3O2S. The Kier molecular flexibility index (Phi) is 5.37. The van der Waals surface area contributed by atoms with E-state index < -0.39 is 10.0 Å². The predicted molar refractivity (Wildman–Crippen MR) is 70.3 cm³/mol. The summed E-state index contributed by atoms with van der Waals surface area (Å²) in [5, 5.41) is 0. The first-order valence-electron chi connectivity index (χ1n) is 6.29. The van der Waals surface area contributed by atoms with Gasteiger partial charge in [-0.25, -0.2) is 8.42 Å². The fourth-order valence-corrected chi connectivity index (χ4v) is 3.21. The zero-order chi connectivity index (χ0) is 13.1. The Morgan fingerprint density at radius 3 is 2.12 bits per heavy atom. The molecule has 17 heavy (non-hydrogen) atoms. The number of hydrogen-bond donors (Lipinski definition) is 1. The molecular weight excluding hydrogens is 238 g/mol. The van der Waals surface area contributed by atoms with Crippen molar-refractivity contribution >= 4 is 10.0 Å². The monoisotopic (exact) mass is 263 g/mol. The molecule has 6 heteroatoms. The topological polar surface area (TPSA) is 66.6 Å². The zero-order valence-electron chi connectivity index (χ0n) is 11.1. The molecule has 1 aliphatic rings. The van der Waals surface area contributed by atoms with E-state index in [-0.39, 0.29) is 0 Å². The Balaban J connectivity index is 2.56. The van der Waals surface area contributed by atoms with Crippen LogP contribution < -0.4 is 5.73 Å². The average molecular weight is 263 g/mol. The molecule has 0 amide bonds. The van der Waals surface area contributed by atoms with Gasteiger partial charge in [0.2, 0.25) is 10.0 Å². The Labute approximate surface area is 105 Å². The van der Waals surface area contributed by atoms with E-state index in [4.69, 9.17) is 5.73 Å². The molecule has 2 N–H and O–H groups in total. The van der Waals surface area contributed by atoms with Gasteiger partial charge in [0, 0.05) is 38.8 Å². The summed E-state index contributed by atoms with van der Waals surface area (Å²) >= 11 is 0. The van der Waals surface area contributed by atoms with Crippen molar-refractivity contribution in [2.45, 2.75) is 26.3 Å². The minimum absolute atomic E-state index is 0.377. The minimum atomic E-state index is -3.03. The third-order valence-corrected chi connectivity index (χ3v) is 5.06. The van der Waals surface area contributed by atoms with Crippen LogP contribution in [0.4, 0.5) is 0 Å². The highest BCUT2D eigenvalue weighted by Gasteiger charge is 2.28. The van der Waals surface area contributed by atoms with Crippen LogP contribution in [0.15, 0.2) is 0 Å². The first-order chi connectivity index (χ1) is 7.90. The van der Waals surface area contributed by atoms with Gasteiger partial charge in [-0.05, 0) is 5.92 Å². The van der Waals surface area contributed by atoms with Crippen LogP contribution in [0.1, 0.15) is 20.3 Å². The second kappa shape index (κ2) is 6.13. The Bertz CT molecular complexity index is 324. The van der Waals surface area contributed by atoms with E-state index in [9.17, 15) is 8.42 Å². The van der Waals surface area contributed by atoms with Crippen LogP contribution in [-0.2, 0) is 10.0 Å². The smallest absolute Gasteiger partial charge is 0.211 e. The van der Waals surface area contributed by atoms with Gasteiger partial charge in [-0.2, -0.15) is 4.31 Å². The van der Waals surface area contributed by atoms with E-state index in [2.05, 4.69) is 18.7 Å². The molecule has 0 saturated carbocycles. The fraction of sp³-hybridized carbons (Fsp3) is 1.00. The lowest BCUT2D eigenvalue weighted by Gasteiger charge is -2.40. The summed E-state index contributed by atoms with van der Waals surface area (Å²) in [6.07, 6.45) is 2.38. The molecule has 102 valence electrons. The Morgan fingerprint density at radius 2 is 1.76 bits per heavy atom. The molecule has 0 aromatic carbocycles. The van der Waals surface area contributed by atoms with Gasteiger partial charge in [0.1, 0.15) is 0 Å². The van der Waals surface area contributed by atoms with Crippen LogP contribution >= 0.6 is 0 Å². The van der Waals surface area contributed by atoms with Gasteiger partial charge in [0.25, 0.3) is 0 Å². The summed E-state index contributed by atoms with van der Waals surface area (Å²) in [7, 11) is -3.03. The van der Waals surface area contributed by atoms with Crippen molar-refractivity contribution in [2.24, 2.45) is 11.7 Å². The summed E-state index contributed by atoms with van der Waals surface area (Å²) in [5.41, 5.74) is 5.83.